The zero-order valence-corrected chi connectivity index (χ0v) is 16.6. The minimum Gasteiger partial charge on any atom is -0.354 e. The van der Waals surface area contributed by atoms with Crippen LogP contribution in [-0.4, -0.2) is 36.9 Å². The second-order valence-corrected chi connectivity index (χ2v) is 6.98. The van der Waals surface area contributed by atoms with E-state index in [4.69, 9.17) is 0 Å². The van der Waals surface area contributed by atoms with Gasteiger partial charge < -0.3 is 16.0 Å². The molecule has 0 aliphatic rings. The van der Waals surface area contributed by atoms with Gasteiger partial charge in [-0.05, 0) is 23.6 Å². The molecule has 29 heavy (non-hydrogen) atoms. The van der Waals surface area contributed by atoms with Crippen molar-refractivity contribution in [3.05, 3.63) is 71.5 Å². The van der Waals surface area contributed by atoms with Crippen LogP contribution in [0.4, 0.5) is 4.39 Å². The Balaban J connectivity index is 1.79. The van der Waals surface area contributed by atoms with Gasteiger partial charge in [-0.3, -0.25) is 14.4 Å². The highest BCUT2D eigenvalue weighted by atomic mass is 19.1. The van der Waals surface area contributed by atoms with Crippen molar-refractivity contribution in [3.63, 3.8) is 0 Å². The minimum atomic E-state index is -0.817. The molecule has 0 heterocycles. The predicted octanol–water partition coefficient (Wildman–Crippen LogP) is 2.06. The van der Waals surface area contributed by atoms with E-state index in [2.05, 4.69) is 16.0 Å². The van der Waals surface area contributed by atoms with Crippen LogP contribution >= 0.6 is 0 Å². The Kier molecular flexibility index (Phi) is 8.33. The minimum absolute atomic E-state index is 0.112. The van der Waals surface area contributed by atoms with Gasteiger partial charge in [0.1, 0.15) is 11.9 Å². The highest BCUT2D eigenvalue weighted by Gasteiger charge is 2.25. The molecule has 0 aromatic heterocycles. The Morgan fingerprint density at radius 3 is 2.17 bits per heavy atom. The number of carbonyl (C=O) groups is 3. The lowest BCUT2D eigenvalue weighted by molar-refractivity contribution is -0.124. The molecule has 0 saturated heterocycles. The summed E-state index contributed by atoms with van der Waals surface area (Å²) in [4.78, 5) is 36.6. The molecular formula is C22H26FN3O3. The van der Waals surface area contributed by atoms with E-state index in [1.807, 2.05) is 30.3 Å². The van der Waals surface area contributed by atoms with Gasteiger partial charge in [0.2, 0.25) is 11.8 Å². The summed E-state index contributed by atoms with van der Waals surface area (Å²) in [6.45, 7) is 4.06. The third-order valence-electron chi connectivity index (χ3n) is 4.31. The van der Waals surface area contributed by atoms with Crippen LogP contribution in [0.5, 0.6) is 0 Å². The van der Waals surface area contributed by atoms with Crippen LogP contribution in [0.1, 0.15) is 29.8 Å². The van der Waals surface area contributed by atoms with Crippen molar-refractivity contribution in [2.45, 2.75) is 26.3 Å². The lowest BCUT2D eigenvalue weighted by atomic mass is 10.0. The predicted molar refractivity (Wildman–Crippen MR) is 109 cm³/mol. The molecule has 0 fully saturated rings. The van der Waals surface area contributed by atoms with Gasteiger partial charge in [-0.25, -0.2) is 4.39 Å². The third kappa shape index (κ3) is 7.03. The summed E-state index contributed by atoms with van der Waals surface area (Å²) in [5.41, 5.74) is 0.795. The van der Waals surface area contributed by atoms with Crippen LogP contribution in [0.25, 0.3) is 0 Å². The van der Waals surface area contributed by atoms with Crippen molar-refractivity contribution in [2.24, 2.45) is 5.92 Å². The normalized spacial score (nSPS) is 11.6. The lowest BCUT2D eigenvalue weighted by Gasteiger charge is -2.22. The molecule has 2 aromatic rings. The van der Waals surface area contributed by atoms with E-state index in [-0.39, 0.29) is 42.8 Å². The van der Waals surface area contributed by atoms with E-state index in [0.29, 0.717) is 0 Å². The maximum atomic E-state index is 13.8. The summed E-state index contributed by atoms with van der Waals surface area (Å²) in [5.74, 6) is -2.01. The molecule has 3 N–H and O–H groups in total. The van der Waals surface area contributed by atoms with E-state index in [1.54, 1.807) is 19.9 Å². The zero-order valence-electron chi connectivity index (χ0n) is 16.6. The standard InChI is InChI=1S/C22H26FN3O3/c1-15(2)20(26-21(28)17-10-6-7-11-18(17)23)22(29)25-13-12-24-19(27)14-16-8-4-3-5-9-16/h3-11,15,20H,12-14H2,1-2H3,(H,24,27)(H,25,29)(H,26,28). The summed E-state index contributed by atoms with van der Waals surface area (Å²) in [6, 6.07) is 14.1. The highest BCUT2D eigenvalue weighted by molar-refractivity contribution is 5.97. The van der Waals surface area contributed by atoms with Gasteiger partial charge in [0.15, 0.2) is 0 Å². The Bertz CT molecular complexity index is 840. The SMILES string of the molecule is CC(C)C(NC(=O)c1ccccc1F)C(=O)NCCNC(=O)Cc1ccccc1. The largest absolute Gasteiger partial charge is 0.354 e. The van der Waals surface area contributed by atoms with Crippen molar-refractivity contribution < 1.29 is 18.8 Å². The maximum absolute atomic E-state index is 13.8. The number of rotatable bonds is 9. The number of halogens is 1. The topological polar surface area (TPSA) is 87.3 Å². The van der Waals surface area contributed by atoms with E-state index in [1.165, 1.54) is 18.2 Å². The molecule has 0 bridgehead atoms. The van der Waals surface area contributed by atoms with Gasteiger partial charge in [0, 0.05) is 13.1 Å². The molecule has 3 amide bonds. The number of benzene rings is 2. The van der Waals surface area contributed by atoms with Crippen molar-refractivity contribution in [3.8, 4) is 0 Å². The number of nitrogens with one attached hydrogen (secondary N) is 3. The number of hydrogen-bond donors (Lipinski definition) is 3. The van der Waals surface area contributed by atoms with Gasteiger partial charge in [-0.1, -0.05) is 56.3 Å². The van der Waals surface area contributed by atoms with E-state index in [0.717, 1.165) is 5.56 Å². The van der Waals surface area contributed by atoms with E-state index < -0.39 is 17.8 Å². The van der Waals surface area contributed by atoms with Crippen LogP contribution in [-0.2, 0) is 16.0 Å². The first-order chi connectivity index (χ1) is 13.9. The fraction of sp³-hybridized carbons (Fsp3) is 0.318. The lowest BCUT2D eigenvalue weighted by Crippen LogP contribution is -2.51. The third-order valence-corrected chi connectivity index (χ3v) is 4.31. The summed E-state index contributed by atoms with van der Waals surface area (Å²) in [5, 5.41) is 8.01. The number of hydrogen-bond acceptors (Lipinski definition) is 3. The van der Waals surface area contributed by atoms with Crippen molar-refractivity contribution in [2.75, 3.05) is 13.1 Å². The van der Waals surface area contributed by atoms with Crippen LogP contribution in [0, 0.1) is 11.7 Å². The molecule has 0 saturated carbocycles. The van der Waals surface area contributed by atoms with Crippen molar-refractivity contribution >= 4 is 17.7 Å². The Hall–Kier alpha value is -3.22. The van der Waals surface area contributed by atoms with E-state index in [9.17, 15) is 18.8 Å². The van der Waals surface area contributed by atoms with Crippen LogP contribution in [0.15, 0.2) is 54.6 Å². The first-order valence-corrected chi connectivity index (χ1v) is 9.52. The first kappa shape index (κ1) is 22.1. The van der Waals surface area contributed by atoms with Gasteiger partial charge >= 0.3 is 0 Å². The van der Waals surface area contributed by atoms with Gasteiger partial charge in [-0.15, -0.1) is 0 Å². The summed E-state index contributed by atoms with van der Waals surface area (Å²) in [7, 11) is 0. The molecule has 0 aliphatic heterocycles. The molecule has 2 rings (SSSR count). The van der Waals surface area contributed by atoms with Crippen LogP contribution in [0.3, 0.4) is 0 Å². The quantitative estimate of drug-likeness (QED) is 0.564. The molecule has 1 unspecified atom stereocenters. The molecule has 0 spiro atoms. The Morgan fingerprint density at radius 1 is 0.897 bits per heavy atom. The number of carbonyl (C=O) groups excluding carboxylic acids is 3. The molecule has 0 radical (unpaired) electrons. The van der Waals surface area contributed by atoms with E-state index >= 15 is 0 Å². The average molecular weight is 399 g/mol. The van der Waals surface area contributed by atoms with Gasteiger partial charge in [-0.2, -0.15) is 0 Å². The van der Waals surface area contributed by atoms with Crippen LogP contribution in [0.2, 0.25) is 0 Å². The van der Waals surface area contributed by atoms with Gasteiger partial charge in [0.25, 0.3) is 5.91 Å². The molecule has 154 valence electrons. The Morgan fingerprint density at radius 2 is 1.52 bits per heavy atom. The fourth-order valence-corrected chi connectivity index (χ4v) is 2.74. The number of amides is 3. The van der Waals surface area contributed by atoms with Crippen molar-refractivity contribution in [1.82, 2.24) is 16.0 Å². The second-order valence-electron chi connectivity index (χ2n) is 6.98. The Labute approximate surface area is 169 Å². The van der Waals surface area contributed by atoms with Crippen LogP contribution < -0.4 is 16.0 Å². The molecule has 7 heteroatoms. The molecule has 1 atom stereocenters. The summed E-state index contributed by atoms with van der Waals surface area (Å²) < 4.78 is 13.8. The fourth-order valence-electron chi connectivity index (χ4n) is 2.74. The molecule has 2 aromatic carbocycles. The maximum Gasteiger partial charge on any atom is 0.254 e. The van der Waals surface area contributed by atoms with Gasteiger partial charge in [0.05, 0.1) is 12.0 Å². The average Bonchev–Trinajstić information content (AvgIpc) is 2.70. The first-order valence-electron chi connectivity index (χ1n) is 9.52. The smallest absolute Gasteiger partial charge is 0.254 e. The highest BCUT2D eigenvalue weighted by Crippen LogP contribution is 2.09. The second kappa shape index (κ2) is 10.9. The van der Waals surface area contributed by atoms with Crippen molar-refractivity contribution in [1.29, 1.82) is 0 Å². The molecular weight excluding hydrogens is 373 g/mol. The molecule has 0 aliphatic carbocycles. The summed E-state index contributed by atoms with van der Waals surface area (Å²) in [6.07, 6.45) is 0.266. The summed E-state index contributed by atoms with van der Waals surface area (Å²) >= 11 is 0. The molecule has 6 nitrogen and oxygen atoms in total. The monoisotopic (exact) mass is 399 g/mol. The zero-order chi connectivity index (χ0) is 21.2.